The highest BCUT2D eigenvalue weighted by Gasteiger charge is 2.38. The number of nitrogens with one attached hydrogen (secondary N) is 1. The number of piperazine rings is 1. The number of aromatic nitrogens is 3. The third-order valence-electron chi connectivity index (χ3n) is 6.37. The van der Waals surface area contributed by atoms with Crippen LogP contribution in [0.15, 0.2) is 0 Å². The second kappa shape index (κ2) is 6.36. The van der Waals surface area contributed by atoms with Gasteiger partial charge in [0.05, 0.1) is 6.04 Å². The van der Waals surface area contributed by atoms with E-state index in [1.807, 2.05) is 0 Å². The Balaban J connectivity index is 1.32. The van der Waals surface area contributed by atoms with Gasteiger partial charge in [0.2, 0.25) is 5.82 Å². The number of amides is 1. The van der Waals surface area contributed by atoms with E-state index in [9.17, 15) is 4.79 Å². The molecule has 136 valence electrons. The smallest absolute Gasteiger partial charge is 0.289 e. The van der Waals surface area contributed by atoms with Crippen molar-refractivity contribution in [2.75, 3.05) is 32.7 Å². The van der Waals surface area contributed by atoms with E-state index in [0.29, 0.717) is 17.9 Å². The third-order valence-corrected chi connectivity index (χ3v) is 6.37. The first-order chi connectivity index (χ1) is 12.3. The zero-order valence-electron chi connectivity index (χ0n) is 14.9. The van der Waals surface area contributed by atoms with Crippen LogP contribution in [0.25, 0.3) is 0 Å². The molecule has 0 bridgehead atoms. The molecule has 2 aliphatic carbocycles. The van der Waals surface area contributed by atoms with Crippen molar-refractivity contribution in [2.24, 2.45) is 5.92 Å². The van der Waals surface area contributed by atoms with Crippen molar-refractivity contribution >= 4 is 5.91 Å². The molecule has 1 aromatic heterocycles. The topological polar surface area (TPSA) is 66.3 Å². The summed E-state index contributed by atoms with van der Waals surface area (Å²) in [6.07, 6.45) is 7.42. The van der Waals surface area contributed by atoms with Crippen LogP contribution in [0, 0.1) is 5.92 Å². The number of hydrogen-bond acceptors (Lipinski definition) is 5. The summed E-state index contributed by atoms with van der Waals surface area (Å²) in [7, 11) is 0. The van der Waals surface area contributed by atoms with Crippen LogP contribution in [-0.4, -0.2) is 69.2 Å². The molecule has 1 saturated heterocycles. The number of carbonyl (C=O) groups is 1. The summed E-state index contributed by atoms with van der Waals surface area (Å²) in [6, 6.07) is 0.617. The number of carbonyl (C=O) groups excluding carboxylic acids is 1. The zero-order chi connectivity index (χ0) is 16.8. The van der Waals surface area contributed by atoms with Gasteiger partial charge in [0, 0.05) is 45.3 Å². The maximum atomic E-state index is 12.7. The Bertz CT molecular complexity index is 648. The van der Waals surface area contributed by atoms with Crippen LogP contribution in [-0.2, 0) is 6.54 Å². The fourth-order valence-electron chi connectivity index (χ4n) is 4.72. The molecule has 0 unspecified atom stereocenters. The molecular weight excluding hydrogens is 316 g/mol. The molecule has 7 heteroatoms. The highest BCUT2D eigenvalue weighted by molar-refractivity contribution is 5.91. The normalized spacial score (nSPS) is 27.9. The van der Waals surface area contributed by atoms with Gasteiger partial charge in [-0.1, -0.05) is 12.8 Å². The van der Waals surface area contributed by atoms with Gasteiger partial charge in [0.1, 0.15) is 0 Å². The monoisotopic (exact) mass is 344 g/mol. The van der Waals surface area contributed by atoms with Crippen molar-refractivity contribution in [3.63, 3.8) is 0 Å². The Kier molecular flexibility index (Phi) is 4.01. The van der Waals surface area contributed by atoms with Crippen molar-refractivity contribution in [1.29, 1.82) is 0 Å². The molecule has 0 radical (unpaired) electrons. The number of fused-ring (bicyclic) bond motifs is 3. The largest absolute Gasteiger partial charge is 0.347 e. The van der Waals surface area contributed by atoms with E-state index in [1.54, 1.807) is 0 Å². The molecular formula is C18H28N6O. The molecule has 25 heavy (non-hydrogen) atoms. The molecule has 7 nitrogen and oxygen atoms in total. The van der Waals surface area contributed by atoms with E-state index in [2.05, 4.69) is 29.9 Å². The predicted octanol–water partition coefficient (Wildman–Crippen LogP) is 1.03. The van der Waals surface area contributed by atoms with E-state index < -0.39 is 0 Å². The van der Waals surface area contributed by atoms with E-state index in [0.717, 1.165) is 57.3 Å². The minimum Gasteiger partial charge on any atom is -0.347 e. The Hall–Kier alpha value is -1.47. The summed E-state index contributed by atoms with van der Waals surface area (Å²) in [6.45, 7) is 6.35. The van der Waals surface area contributed by atoms with E-state index in [4.69, 9.17) is 0 Å². The molecule has 2 saturated carbocycles. The summed E-state index contributed by atoms with van der Waals surface area (Å²) in [5.41, 5.74) is 0. The second-order valence-corrected chi connectivity index (χ2v) is 8.24. The predicted molar refractivity (Wildman–Crippen MR) is 93.2 cm³/mol. The Morgan fingerprint density at radius 3 is 2.64 bits per heavy atom. The van der Waals surface area contributed by atoms with Crippen molar-refractivity contribution in [3.8, 4) is 0 Å². The maximum absolute atomic E-state index is 12.7. The van der Waals surface area contributed by atoms with E-state index in [-0.39, 0.29) is 5.91 Å². The summed E-state index contributed by atoms with van der Waals surface area (Å²) in [5, 5.41) is 11.9. The van der Waals surface area contributed by atoms with Crippen molar-refractivity contribution in [1.82, 2.24) is 29.9 Å². The first-order valence-electron chi connectivity index (χ1n) is 9.98. The van der Waals surface area contributed by atoms with Gasteiger partial charge >= 0.3 is 0 Å². The number of rotatable bonds is 4. The second-order valence-electron chi connectivity index (χ2n) is 8.24. The Labute approximate surface area is 148 Å². The molecule has 0 aromatic carbocycles. The zero-order valence-corrected chi connectivity index (χ0v) is 14.9. The molecule has 1 N–H and O–H groups in total. The number of nitrogens with zero attached hydrogens (tertiary/aromatic N) is 5. The fraction of sp³-hybridized carbons (Fsp3) is 0.833. The van der Waals surface area contributed by atoms with Gasteiger partial charge in [0.25, 0.3) is 5.91 Å². The summed E-state index contributed by atoms with van der Waals surface area (Å²) in [5.74, 6) is 2.38. The molecule has 0 spiro atoms. The molecule has 2 aliphatic heterocycles. The lowest BCUT2D eigenvalue weighted by Crippen LogP contribution is -2.52. The standard InChI is InChI=1S/C18H28N6O/c25-18(19-14-3-1-2-4-14)17-21-20-16-15-12-22(11-13-5-6-13)7-8-23(15)9-10-24(16)17/h13-15H,1-12H2,(H,19,25)/t15-/m1/s1. The average Bonchev–Trinajstić information content (AvgIpc) is 3.11. The summed E-state index contributed by atoms with van der Waals surface area (Å²) in [4.78, 5) is 17.8. The van der Waals surface area contributed by atoms with E-state index >= 15 is 0 Å². The molecule has 3 heterocycles. The molecule has 1 amide bonds. The van der Waals surface area contributed by atoms with Gasteiger partial charge in [-0.3, -0.25) is 14.6 Å². The quantitative estimate of drug-likeness (QED) is 0.884. The van der Waals surface area contributed by atoms with Crippen LogP contribution in [0.1, 0.15) is 61.0 Å². The van der Waals surface area contributed by atoms with Crippen molar-refractivity contribution < 1.29 is 4.79 Å². The van der Waals surface area contributed by atoms with Gasteiger partial charge in [-0.05, 0) is 31.6 Å². The average molecular weight is 344 g/mol. The Morgan fingerprint density at radius 2 is 1.84 bits per heavy atom. The molecule has 1 atom stereocenters. The van der Waals surface area contributed by atoms with Crippen LogP contribution < -0.4 is 5.32 Å². The Morgan fingerprint density at radius 1 is 1.04 bits per heavy atom. The minimum atomic E-state index is -0.0373. The third kappa shape index (κ3) is 3.08. The molecule has 4 aliphatic rings. The molecule has 5 rings (SSSR count). The van der Waals surface area contributed by atoms with Crippen LogP contribution in [0.3, 0.4) is 0 Å². The van der Waals surface area contributed by atoms with Gasteiger partial charge in [0.15, 0.2) is 5.82 Å². The van der Waals surface area contributed by atoms with E-state index in [1.165, 1.54) is 32.2 Å². The highest BCUT2D eigenvalue weighted by Crippen LogP contribution is 2.33. The maximum Gasteiger partial charge on any atom is 0.289 e. The van der Waals surface area contributed by atoms with Gasteiger partial charge < -0.3 is 9.88 Å². The summed E-state index contributed by atoms with van der Waals surface area (Å²) >= 11 is 0. The summed E-state index contributed by atoms with van der Waals surface area (Å²) < 4.78 is 2.08. The first kappa shape index (κ1) is 15.8. The lowest BCUT2D eigenvalue weighted by molar-refractivity contribution is 0.0474. The minimum absolute atomic E-state index is 0.0373. The fourth-order valence-corrected chi connectivity index (χ4v) is 4.72. The molecule has 3 fully saturated rings. The van der Waals surface area contributed by atoms with Gasteiger partial charge in [-0.2, -0.15) is 0 Å². The molecule has 1 aromatic rings. The van der Waals surface area contributed by atoms with Gasteiger partial charge in [-0.25, -0.2) is 0 Å². The lowest BCUT2D eigenvalue weighted by Gasteiger charge is -2.43. The van der Waals surface area contributed by atoms with Crippen LogP contribution in [0.2, 0.25) is 0 Å². The number of hydrogen-bond donors (Lipinski definition) is 1. The van der Waals surface area contributed by atoms with Gasteiger partial charge in [-0.15, -0.1) is 10.2 Å². The highest BCUT2D eigenvalue weighted by atomic mass is 16.2. The van der Waals surface area contributed by atoms with Crippen LogP contribution in [0.5, 0.6) is 0 Å². The first-order valence-corrected chi connectivity index (χ1v) is 9.98. The van der Waals surface area contributed by atoms with Crippen molar-refractivity contribution in [3.05, 3.63) is 11.6 Å². The lowest BCUT2D eigenvalue weighted by atomic mass is 10.1. The van der Waals surface area contributed by atoms with Crippen LogP contribution in [0.4, 0.5) is 0 Å². The SMILES string of the molecule is O=C(NC1CCCC1)c1nnc2n1CCN1CCN(CC3CC3)C[C@H]21. The van der Waals surface area contributed by atoms with Crippen molar-refractivity contribution in [2.45, 2.75) is 57.2 Å². The van der Waals surface area contributed by atoms with Crippen LogP contribution >= 0.6 is 0 Å².